The molecule has 19 heavy (non-hydrogen) atoms. The summed E-state index contributed by atoms with van der Waals surface area (Å²) < 4.78 is 0. The molecule has 0 saturated heterocycles. The second-order valence-electron chi connectivity index (χ2n) is 5.27. The van der Waals surface area contributed by atoms with Crippen molar-refractivity contribution in [2.45, 2.75) is 78.1 Å². The summed E-state index contributed by atoms with van der Waals surface area (Å²) in [4.78, 5) is 0. The van der Waals surface area contributed by atoms with Crippen LogP contribution >= 0.6 is 0 Å². The first kappa shape index (κ1) is 18.2. The summed E-state index contributed by atoms with van der Waals surface area (Å²) in [5.41, 5.74) is 1.52. The number of hydrogen-bond donors (Lipinski definition) is 0. The normalized spacial score (nSPS) is 11.8. The maximum absolute atomic E-state index is 3.91. The molecule has 0 aromatic rings. The van der Waals surface area contributed by atoms with E-state index in [0.29, 0.717) is 0 Å². The molecule has 0 aliphatic rings. The van der Waals surface area contributed by atoms with E-state index in [1.807, 2.05) is 12.2 Å². The van der Waals surface area contributed by atoms with E-state index in [9.17, 15) is 0 Å². The first-order chi connectivity index (χ1) is 9.29. The second kappa shape index (κ2) is 13.6. The molecular weight excluding hydrogens is 228 g/mol. The van der Waals surface area contributed by atoms with Crippen LogP contribution in [0.3, 0.4) is 0 Å². The largest absolute Gasteiger partial charge is 0.103 e. The van der Waals surface area contributed by atoms with Gasteiger partial charge in [0.05, 0.1) is 0 Å². The number of unbranched alkanes of at least 4 members (excludes halogenated alkanes) is 5. The van der Waals surface area contributed by atoms with Crippen LogP contribution in [0.2, 0.25) is 0 Å². The van der Waals surface area contributed by atoms with Crippen molar-refractivity contribution in [1.29, 1.82) is 0 Å². The number of allylic oxidation sites excluding steroid dienone is 4. The third-order valence-corrected chi connectivity index (χ3v) is 3.49. The van der Waals surface area contributed by atoms with E-state index < -0.39 is 0 Å². The molecule has 0 unspecified atom stereocenters. The molecule has 0 N–H and O–H groups in total. The Kier molecular flexibility index (Phi) is 13.1. The van der Waals surface area contributed by atoms with E-state index in [4.69, 9.17) is 0 Å². The Morgan fingerprint density at radius 3 is 2.05 bits per heavy atom. The van der Waals surface area contributed by atoms with Gasteiger partial charge < -0.3 is 0 Å². The molecule has 0 aromatic carbocycles. The van der Waals surface area contributed by atoms with Crippen LogP contribution in [0.15, 0.2) is 37.0 Å². The lowest BCUT2D eigenvalue weighted by molar-refractivity contribution is 0.663. The highest BCUT2D eigenvalue weighted by molar-refractivity contribution is 5.27. The molecule has 0 fully saturated rings. The molecule has 109 valence electrons. The van der Waals surface area contributed by atoms with Gasteiger partial charge in [0.1, 0.15) is 0 Å². The van der Waals surface area contributed by atoms with Crippen LogP contribution in [0.1, 0.15) is 78.1 Å². The molecule has 0 amide bonds. The molecule has 0 rings (SSSR count). The first-order valence-corrected chi connectivity index (χ1v) is 8.05. The van der Waals surface area contributed by atoms with Gasteiger partial charge in [0, 0.05) is 5.92 Å². The molecule has 0 heterocycles. The predicted octanol–water partition coefficient (Wildman–Crippen LogP) is 6.80. The highest BCUT2D eigenvalue weighted by atomic mass is 14.2. The van der Waals surface area contributed by atoms with E-state index >= 15 is 0 Å². The van der Waals surface area contributed by atoms with Gasteiger partial charge in [-0.2, -0.15) is 0 Å². The third kappa shape index (κ3) is 9.76. The minimum Gasteiger partial charge on any atom is -0.103 e. The predicted molar refractivity (Wildman–Crippen MR) is 89.2 cm³/mol. The van der Waals surface area contributed by atoms with Crippen molar-refractivity contribution in [2.75, 3.05) is 0 Å². The lowest BCUT2D eigenvalue weighted by Gasteiger charge is -2.18. The molecule has 0 atom stereocenters. The smallest absolute Gasteiger partial charge is 0.00459 e. The zero-order valence-electron chi connectivity index (χ0n) is 13.2. The quantitative estimate of drug-likeness (QED) is 0.252. The van der Waals surface area contributed by atoms with Crippen molar-refractivity contribution in [1.82, 2.24) is 0 Å². The first-order valence-electron chi connectivity index (χ1n) is 8.05. The van der Waals surface area contributed by atoms with E-state index in [-0.39, 0.29) is 0 Å². The van der Waals surface area contributed by atoms with Crippen molar-refractivity contribution >= 4 is 0 Å². The monoisotopic (exact) mass is 261 g/mol. The van der Waals surface area contributed by atoms with Gasteiger partial charge in [0.2, 0.25) is 0 Å². The van der Waals surface area contributed by atoms with E-state index in [1.54, 1.807) is 5.92 Å². The van der Waals surface area contributed by atoms with E-state index in [1.165, 1.54) is 56.9 Å². The summed E-state index contributed by atoms with van der Waals surface area (Å²) in [5, 5.41) is 0. The lowest BCUT2D eigenvalue weighted by Crippen LogP contribution is -2.01. The molecular formula is C19H33. The minimum atomic E-state index is 1.02. The van der Waals surface area contributed by atoms with Gasteiger partial charge in [-0.05, 0) is 32.1 Å². The van der Waals surface area contributed by atoms with Crippen molar-refractivity contribution in [3.05, 3.63) is 42.9 Å². The van der Waals surface area contributed by atoms with Crippen molar-refractivity contribution in [3.63, 3.8) is 0 Å². The Bertz CT molecular complexity index is 247. The van der Waals surface area contributed by atoms with Gasteiger partial charge >= 0.3 is 0 Å². The fourth-order valence-corrected chi connectivity index (χ4v) is 2.35. The summed E-state index contributed by atoms with van der Waals surface area (Å²) in [6.45, 7) is 12.3. The fourth-order valence-electron chi connectivity index (χ4n) is 2.35. The van der Waals surface area contributed by atoms with Crippen LogP contribution in [0.4, 0.5) is 0 Å². The molecule has 0 bridgehead atoms. The summed E-state index contributed by atoms with van der Waals surface area (Å²) in [7, 11) is 0. The van der Waals surface area contributed by atoms with Crippen LogP contribution in [-0.4, -0.2) is 0 Å². The van der Waals surface area contributed by atoms with Gasteiger partial charge in [0.15, 0.2) is 0 Å². The van der Waals surface area contributed by atoms with Gasteiger partial charge in [-0.1, -0.05) is 69.8 Å². The average molecular weight is 261 g/mol. The maximum atomic E-state index is 3.91. The van der Waals surface area contributed by atoms with E-state index in [2.05, 4.69) is 33.1 Å². The van der Waals surface area contributed by atoms with Crippen LogP contribution in [0, 0.1) is 5.92 Å². The molecule has 0 aromatic heterocycles. The number of hydrogen-bond acceptors (Lipinski definition) is 0. The fraction of sp³-hybridized carbons (Fsp3) is 0.632. The molecule has 0 aliphatic carbocycles. The third-order valence-electron chi connectivity index (χ3n) is 3.49. The van der Waals surface area contributed by atoms with Crippen LogP contribution < -0.4 is 0 Å². The summed E-state index contributed by atoms with van der Waals surface area (Å²) >= 11 is 0. The van der Waals surface area contributed by atoms with Gasteiger partial charge in [-0.15, -0.1) is 13.2 Å². The molecule has 1 radical (unpaired) electrons. The van der Waals surface area contributed by atoms with Crippen LogP contribution in [-0.2, 0) is 0 Å². The standard InChI is InChI=1S/C19H33/c1-5-9-11-13-17-19(15-8-4)18(14-7-3)16-12-10-6-2/h7-8,17H,3-6,9-16H2,1-2H3. The Balaban J connectivity index is 4.44. The second-order valence-corrected chi connectivity index (χ2v) is 5.27. The van der Waals surface area contributed by atoms with E-state index in [0.717, 1.165) is 12.8 Å². The zero-order chi connectivity index (χ0) is 14.3. The molecule has 0 nitrogen and oxygen atoms in total. The van der Waals surface area contributed by atoms with Gasteiger partial charge in [0.25, 0.3) is 0 Å². The van der Waals surface area contributed by atoms with Gasteiger partial charge in [-0.3, -0.25) is 0 Å². The van der Waals surface area contributed by atoms with Crippen molar-refractivity contribution in [2.24, 2.45) is 0 Å². The highest BCUT2D eigenvalue weighted by Crippen LogP contribution is 2.28. The lowest BCUT2D eigenvalue weighted by atomic mass is 9.87. The average Bonchev–Trinajstić information content (AvgIpc) is 2.42. The molecule has 0 spiro atoms. The topological polar surface area (TPSA) is 0 Å². The maximum Gasteiger partial charge on any atom is 0.00459 e. The minimum absolute atomic E-state index is 1.02. The molecule has 0 aliphatic heterocycles. The zero-order valence-corrected chi connectivity index (χ0v) is 13.2. The van der Waals surface area contributed by atoms with Crippen molar-refractivity contribution in [3.8, 4) is 0 Å². The SMILES string of the molecule is C=CC[C](CCCCC)C(=CCCCCC)CC=C. The van der Waals surface area contributed by atoms with Crippen LogP contribution in [0.5, 0.6) is 0 Å². The number of rotatable bonds is 13. The summed E-state index contributed by atoms with van der Waals surface area (Å²) in [6, 6.07) is 0. The van der Waals surface area contributed by atoms with Gasteiger partial charge in [-0.25, -0.2) is 0 Å². The molecule has 0 heteroatoms. The molecule has 0 saturated carbocycles. The Morgan fingerprint density at radius 2 is 1.47 bits per heavy atom. The van der Waals surface area contributed by atoms with Crippen molar-refractivity contribution < 1.29 is 0 Å². The highest BCUT2D eigenvalue weighted by Gasteiger charge is 2.12. The summed E-state index contributed by atoms with van der Waals surface area (Å²) in [6.07, 6.45) is 18.9. The summed E-state index contributed by atoms with van der Waals surface area (Å²) in [5.74, 6) is 1.58. The Morgan fingerprint density at radius 1 is 0.842 bits per heavy atom. The van der Waals surface area contributed by atoms with Crippen LogP contribution in [0.25, 0.3) is 0 Å². The Labute approximate surface area is 121 Å². The Hall–Kier alpha value is -0.780.